The maximum absolute atomic E-state index is 12.6. The molecule has 0 radical (unpaired) electrons. The number of ketones is 1. The lowest BCUT2D eigenvalue weighted by atomic mass is 9.74. The summed E-state index contributed by atoms with van der Waals surface area (Å²) in [6, 6.07) is 10.3. The lowest BCUT2D eigenvalue weighted by Gasteiger charge is -2.28. The quantitative estimate of drug-likeness (QED) is 0.698. The second kappa shape index (κ2) is 5.51. The number of Topliss-reactive ketones (excluding diaryl/α,β-unsaturated/α-hetero) is 1. The first-order chi connectivity index (χ1) is 8.65. The highest BCUT2D eigenvalue weighted by Gasteiger charge is 2.41. The molecule has 18 heavy (non-hydrogen) atoms. The molecule has 0 bridgehead atoms. The van der Waals surface area contributed by atoms with Crippen LogP contribution in [0.1, 0.15) is 51.0 Å². The Morgan fingerprint density at radius 1 is 1.17 bits per heavy atom. The molecule has 1 fully saturated rings. The number of carbonyl (C=O) groups is 1. The van der Waals surface area contributed by atoms with Gasteiger partial charge in [0.15, 0.2) is 0 Å². The molecule has 0 unspecified atom stereocenters. The van der Waals surface area contributed by atoms with Crippen LogP contribution in [-0.4, -0.2) is 5.78 Å². The van der Waals surface area contributed by atoms with E-state index in [1.165, 1.54) is 18.4 Å². The van der Waals surface area contributed by atoms with Crippen molar-refractivity contribution in [2.45, 2.75) is 50.9 Å². The fraction of sp³-hybridized carbons (Fsp3) is 0.471. The number of rotatable bonds is 5. The van der Waals surface area contributed by atoms with Crippen LogP contribution in [-0.2, 0) is 10.2 Å². The minimum absolute atomic E-state index is 0.198. The van der Waals surface area contributed by atoms with Crippen molar-refractivity contribution in [2.24, 2.45) is 0 Å². The highest BCUT2D eigenvalue weighted by Crippen LogP contribution is 2.42. The van der Waals surface area contributed by atoms with E-state index in [0.29, 0.717) is 12.2 Å². The Labute approximate surface area is 110 Å². The molecule has 0 aliphatic heterocycles. The molecule has 1 aromatic carbocycles. The van der Waals surface area contributed by atoms with Gasteiger partial charge in [0.2, 0.25) is 0 Å². The lowest BCUT2D eigenvalue weighted by Crippen LogP contribution is -2.32. The summed E-state index contributed by atoms with van der Waals surface area (Å²) in [4.78, 5) is 12.6. The summed E-state index contributed by atoms with van der Waals surface area (Å²) in [5.74, 6) is 0.411. The van der Waals surface area contributed by atoms with Crippen LogP contribution in [0.15, 0.2) is 42.5 Å². The third kappa shape index (κ3) is 2.55. The first kappa shape index (κ1) is 13.1. The summed E-state index contributed by atoms with van der Waals surface area (Å²) < 4.78 is 0. The van der Waals surface area contributed by atoms with Crippen molar-refractivity contribution in [1.82, 2.24) is 0 Å². The van der Waals surface area contributed by atoms with Gasteiger partial charge in [-0.2, -0.15) is 0 Å². The summed E-state index contributed by atoms with van der Waals surface area (Å²) in [7, 11) is 0. The van der Waals surface area contributed by atoms with Gasteiger partial charge in [0.25, 0.3) is 0 Å². The fourth-order valence-electron chi connectivity index (χ4n) is 3.03. The number of carbonyl (C=O) groups excluding carboxylic acids is 1. The Bertz CT molecular complexity index is 424. The van der Waals surface area contributed by atoms with Gasteiger partial charge in [0.05, 0.1) is 5.41 Å². The SMILES string of the molecule is C=C(C)CCC(=O)C1(c2ccccc2)CCCC1. The monoisotopic (exact) mass is 242 g/mol. The van der Waals surface area contributed by atoms with E-state index < -0.39 is 0 Å². The second-order valence-electron chi connectivity index (χ2n) is 5.54. The van der Waals surface area contributed by atoms with Crippen molar-refractivity contribution in [3.63, 3.8) is 0 Å². The third-order valence-corrected chi connectivity index (χ3v) is 4.10. The van der Waals surface area contributed by atoms with Gasteiger partial charge in [0.1, 0.15) is 5.78 Å². The number of allylic oxidation sites excluding steroid dienone is 1. The van der Waals surface area contributed by atoms with Crippen LogP contribution in [0.5, 0.6) is 0 Å². The summed E-state index contributed by atoms with van der Waals surface area (Å²) in [6.07, 6.45) is 5.86. The van der Waals surface area contributed by atoms with Crippen molar-refractivity contribution >= 4 is 5.78 Å². The van der Waals surface area contributed by atoms with Crippen LogP contribution in [0.4, 0.5) is 0 Å². The molecule has 0 N–H and O–H groups in total. The van der Waals surface area contributed by atoms with E-state index in [1.54, 1.807) is 0 Å². The average molecular weight is 242 g/mol. The van der Waals surface area contributed by atoms with Gasteiger partial charge in [-0.3, -0.25) is 4.79 Å². The van der Waals surface area contributed by atoms with Gasteiger partial charge in [-0.05, 0) is 31.7 Å². The molecule has 1 nitrogen and oxygen atoms in total. The van der Waals surface area contributed by atoms with Crippen LogP contribution in [0.3, 0.4) is 0 Å². The minimum Gasteiger partial charge on any atom is -0.299 e. The van der Waals surface area contributed by atoms with E-state index in [9.17, 15) is 4.79 Å². The standard InChI is InChI=1S/C17H22O/c1-14(2)10-11-16(18)17(12-6-7-13-17)15-8-4-3-5-9-15/h3-5,8-9H,1,6-7,10-13H2,2H3. The average Bonchev–Trinajstić information content (AvgIpc) is 2.87. The molecule has 96 valence electrons. The van der Waals surface area contributed by atoms with Crippen molar-refractivity contribution in [1.29, 1.82) is 0 Å². The van der Waals surface area contributed by atoms with Gasteiger partial charge in [-0.15, -0.1) is 6.58 Å². The summed E-state index contributed by atoms with van der Waals surface area (Å²) in [6.45, 7) is 5.89. The number of hydrogen-bond donors (Lipinski definition) is 0. The molecule has 0 amide bonds. The first-order valence-electron chi connectivity index (χ1n) is 6.88. The van der Waals surface area contributed by atoms with Crippen LogP contribution >= 0.6 is 0 Å². The molecule has 1 aliphatic rings. The van der Waals surface area contributed by atoms with E-state index in [0.717, 1.165) is 24.8 Å². The molecule has 0 saturated heterocycles. The molecule has 1 heteroatoms. The van der Waals surface area contributed by atoms with Crippen molar-refractivity contribution in [3.05, 3.63) is 48.0 Å². The topological polar surface area (TPSA) is 17.1 Å². The first-order valence-corrected chi connectivity index (χ1v) is 6.88. The van der Waals surface area contributed by atoms with E-state index >= 15 is 0 Å². The predicted molar refractivity (Wildman–Crippen MR) is 75.6 cm³/mol. The molecular weight excluding hydrogens is 220 g/mol. The Morgan fingerprint density at radius 2 is 1.78 bits per heavy atom. The zero-order chi connectivity index (χ0) is 13.0. The smallest absolute Gasteiger partial charge is 0.143 e. The van der Waals surface area contributed by atoms with Crippen molar-refractivity contribution in [3.8, 4) is 0 Å². The van der Waals surface area contributed by atoms with E-state index in [1.807, 2.05) is 25.1 Å². The molecule has 1 aromatic rings. The van der Waals surface area contributed by atoms with Gasteiger partial charge in [-0.25, -0.2) is 0 Å². The summed E-state index contributed by atoms with van der Waals surface area (Å²) >= 11 is 0. The molecule has 0 heterocycles. The maximum Gasteiger partial charge on any atom is 0.143 e. The highest BCUT2D eigenvalue weighted by molar-refractivity contribution is 5.90. The molecule has 1 saturated carbocycles. The molecule has 0 spiro atoms. The molecular formula is C17H22O. The minimum atomic E-state index is -0.198. The summed E-state index contributed by atoms with van der Waals surface area (Å²) in [5.41, 5.74) is 2.12. The van der Waals surface area contributed by atoms with Gasteiger partial charge >= 0.3 is 0 Å². The van der Waals surface area contributed by atoms with Crippen LogP contribution < -0.4 is 0 Å². The van der Waals surface area contributed by atoms with Gasteiger partial charge in [-0.1, -0.05) is 48.7 Å². The third-order valence-electron chi connectivity index (χ3n) is 4.10. The Kier molecular flexibility index (Phi) is 4.00. The Morgan fingerprint density at radius 3 is 2.33 bits per heavy atom. The summed E-state index contributed by atoms with van der Waals surface area (Å²) in [5, 5.41) is 0. The van der Waals surface area contributed by atoms with Crippen molar-refractivity contribution < 1.29 is 4.79 Å². The maximum atomic E-state index is 12.6. The van der Waals surface area contributed by atoms with Crippen LogP contribution in [0.25, 0.3) is 0 Å². The normalized spacial score (nSPS) is 17.6. The van der Waals surface area contributed by atoms with Crippen LogP contribution in [0.2, 0.25) is 0 Å². The van der Waals surface area contributed by atoms with E-state index in [2.05, 4.69) is 18.7 Å². The van der Waals surface area contributed by atoms with Gasteiger partial charge < -0.3 is 0 Å². The largest absolute Gasteiger partial charge is 0.299 e. The van der Waals surface area contributed by atoms with Gasteiger partial charge in [0, 0.05) is 6.42 Å². The zero-order valence-electron chi connectivity index (χ0n) is 11.2. The fourth-order valence-corrected chi connectivity index (χ4v) is 3.03. The molecule has 0 aromatic heterocycles. The van der Waals surface area contributed by atoms with Crippen molar-refractivity contribution in [2.75, 3.05) is 0 Å². The predicted octanol–water partition coefficient (Wildman–Crippen LogP) is 4.42. The van der Waals surface area contributed by atoms with Crippen LogP contribution in [0, 0.1) is 0 Å². The zero-order valence-corrected chi connectivity index (χ0v) is 11.2. The van der Waals surface area contributed by atoms with E-state index in [4.69, 9.17) is 0 Å². The molecule has 2 rings (SSSR count). The molecule has 1 aliphatic carbocycles. The Hall–Kier alpha value is -1.37. The van der Waals surface area contributed by atoms with E-state index in [-0.39, 0.29) is 5.41 Å². The lowest BCUT2D eigenvalue weighted by molar-refractivity contribution is -0.124. The number of benzene rings is 1. The second-order valence-corrected chi connectivity index (χ2v) is 5.54. The molecule has 0 atom stereocenters. The Balaban J connectivity index is 2.22. The number of hydrogen-bond acceptors (Lipinski definition) is 1. The highest BCUT2D eigenvalue weighted by atomic mass is 16.1.